The Kier molecular flexibility index (Phi) is 6.68. The minimum absolute atomic E-state index is 0.114. The SMILES string of the molecule is Cc1cc(Oc2ccnc(NC(=O)C3CCN(C(=O)OC(C)(C)C)CC3)c2)ccc1N. The number of hydrogen-bond donors (Lipinski definition) is 2. The number of nitrogens with one attached hydrogen (secondary N) is 1. The van der Waals surface area contributed by atoms with E-state index in [1.165, 1.54) is 0 Å². The van der Waals surface area contributed by atoms with Crippen LogP contribution in [0.4, 0.5) is 16.3 Å². The van der Waals surface area contributed by atoms with Gasteiger partial charge in [-0.2, -0.15) is 0 Å². The highest BCUT2D eigenvalue weighted by atomic mass is 16.6. The number of ether oxygens (including phenoxy) is 2. The largest absolute Gasteiger partial charge is 0.457 e. The van der Waals surface area contributed by atoms with Crippen molar-refractivity contribution in [3.63, 3.8) is 0 Å². The van der Waals surface area contributed by atoms with Gasteiger partial charge in [0.25, 0.3) is 0 Å². The second-order valence-electron chi connectivity index (χ2n) is 8.73. The van der Waals surface area contributed by atoms with Gasteiger partial charge in [-0.15, -0.1) is 0 Å². The number of piperidine rings is 1. The molecule has 166 valence electrons. The van der Waals surface area contributed by atoms with Gasteiger partial charge < -0.3 is 25.4 Å². The van der Waals surface area contributed by atoms with Crippen LogP contribution in [-0.4, -0.2) is 40.6 Å². The lowest BCUT2D eigenvalue weighted by molar-refractivity contribution is -0.121. The molecule has 1 saturated heterocycles. The molecule has 0 aliphatic carbocycles. The van der Waals surface area contributed by atoms with E-state index < -0.39 is 5.60 Å². The number of nitrogen functional groups attached to an aromatic ring is 1. The number of aryl methyl sites for hydroxylation is 1. The van der Waals surface area contributed by atoms with Crippen molar-refractivity contribution >= 4 is 23.5 Å². The van der Waals surface area contributed by atoms with E-state index in [1.807, 2.05) is 33.8 Å². The first-order valence-electron chi connectivity index (χ1n) is 10.4. The predicted molar refractivity (Wildman–Crippen MR) is 119 cm³/mol. The summed E-state index contributed by atoms with van der Waals surface area (Å²) in [5.41, 5.74) is 6.94. The first kappa shape index (κ1) is 22.4. The Hall–Kier alpha value is -3.29. The van der Waals surface area contributed by atoms with Crippen molar-refractivity contribution in [1.29, 1.82) is 0 Å². The number of anilines is 2. The Balaban J connectivity index is 1.54. The van der Waals surface area contributed by atoms with Crippen molar-refractivity contribution in [1.82, 2.24) is 9.88 Å². The fraction of sp³-hybridized carbons (Fsp3) is 0.435. The molecule has 1 aliphatic heterocycles. The Morgan fingerprint density at radius 1 is 1.13 bits per heavy atom. The molecule has 2 amide bonds. The van der Waals surface area contributed by atoms with Gasteiger partial charge in [0.05, 0.1) is 0 Å². The molecule has 8 heteroatoms. The zero-order valence-electron chi connectivity index (χ0n) is 18.5. The molecule has 1 aliphatic rings. The van der Waals surface area contributed by atoms with Gasteiger partial charge in [-0.05, 0) is 70.4 Å². The van der Waals surface area contributed by atoms with Crippen LogP contribution in [-0.2, 0) is 9.53 Å². The molecule has 0 radical (unpaired) electrons. The number of benzene rings is 1. The second-order valence-corrected chi connectivity index (χ2v) is 8.73. The summed E-state index contributed by atoms with van der Waals surface area (Å²) in [6, 6.07) is 8.84. The van der Waals surface area contributed by atoms with Crippen molar-refractivity contribution in [2.24, 2.45) is 5.92 Å². The number of nitrogens with two attached hydrogens (primary N) is 1. The molecule has 8 nitrogen and oxygen atoms in total. The van der Waals surface area contributed by atoms with Gasteiger partial charge in [0.1, 0.15) is 22.9 Å². The van der Waals surface area contributed by atoms with Gasteiger partial charge in [0, 0.05) is 37.0 Å². The van der Waals surface area contributed by atoms with E-state index >= 15 is 0 Å². The number of aromatic nitrogens is 1. The number of carbonyl (C=O) groups excluding carboxylic acids is 2. The van der Waals surface area contributed by atoms with Crippen LogP contribution >= 0.6 is 0 Å². The normalized spacial score (nSPS) is 14.8. The summed E-state index contributed by atoms with van der Waals surface area (Å²) in [4.78, 5) is 30.7. The van der Waals surface area contributed by atoms with E-state index in [0.29, 0.717) is 48.9 Å². The number of rotatable bonds is 4. The maximum atomic E-state index is 12.7. The molecular formula is C23H30N4O4. The van der Waals surface area contributed by atoms with Crippen molar-refractivity contribution < 1.29 is 19.1 Å². The van der Waals surface area contributed by atoms with Crippen LogP contribution in [0.15, 0.2) is 36.5 Å². The molecule has 0 atom stereocenters. The third kappa shape index (κ3) is 6.34. The standard InChI is InChI=1S/C23H30N4O4/c1-15-13-17(5-6-19(15)24)30-18-7-10-25-20(14-18)26-21(28)16-8-11-27(12-9-16)22(29)31-23(2,3)4/h5-7,10,13-14,16H,8-9,11-12,24H2,1-4H3,(H,25,26,28). The van der Waals surface area contributed by atoms with Crippen molar-refractivity contribution in [3.8, 4) is 11.5 Å². The number of likely N-dealkylation sites (tertiary alicyclic amines) is 1. The Morgan fingerprint density at radius 3 is 2.45 bits per heavy atom. The summed E-state index contributed by atoms with van der Waals surface area (Å²) in [6.45, 7) is 8.40. The van der Waals surface area contributed by atoms with Crippen LogP contribution in [0.25, 0.3) is 0 Å². The monoisotopic (exact) mass is 426 g/mol. The summed E-state index contributed by atoms with van der Waals surface area (Å²) in [6.07, 6.45) is 2.40. The van der Waals surface area contributed by atoms with Crippen LogP contribution in [0, 0.1) is 12.8 Å². The zero-order valence-corrected chi connectivity index (χ0v) is 18.5. The van der Waals surface area contributed by atoms with E-state index in [4.69, 9.17) is 15.2 Å². The third-order valence-corrected chi connectivity index (χ3v) is 4.98. The summed E-state index contributed by atoms with van der Waals surface area (Å²) >= 11 is 0. The van der Waals surface area contributed by atoms with Crippen molar-refractivity contribution in [2.45, 2.75) is 46.1 Å². The molecular weight excluding hydrogens is 396 g/mol. The number of carbonyl (C=O) groups is 2. The van der Waals surface area contributed by atoms with Crippen molar-refractivity contribution in [3.05, 3.63) is 42.1 Å². The minimum Gasteiger partial charge on any atom is -0.457 e. The lowest BCUT2D eigenvalue weighted by atomic mass is 9.96. The maximum absolute atomic E-state index is 12.7. The van der Waals surface area contributed by atoms with Gasteiger partial charge in [0.2, 0.25) is 5.91 Å². The summed E-state index contributed by atoms with van der Waals surface area (Å²) < 4.78 is 11.3. The molecule has 1 aromatic carbocycles. The number of pyridine rings is 1. The summed E-state index contributed by atoms with van der Waals surface area (Å²) in [7, 11) is 0. The Labute approximate surface area is 182 Å². The third-order valence-electron chi connectivity index (χ3n) is 4.98. The van der Waals surface area contributed by atoms with E-state index in [1.54, 1.807) is 35.4 Å². The van der Waals surface area contributed by atoms with E-state index in [-0.39, 0.29) is 17.9 Å². The molecule has 0 saturated carbocycles. The Bertz CT molecular complexity index is 947. The van der Waals surface area contributed by atoms with Gasteiger partial charge in [-0.25, -0.2) is 9.78 Å². The van der Waals surface area contributed by atoms with E-state index in [2.05, 4.69) is 10.3 Å². The van der Waals surface area contributed by atoms with Crippen LogP contribution < -0.4 is 15.8 Å². The molecule has 0 spiro atoms. The fourth-order valence-corrected chi connectivity index (χ4v) is 3.27. The predicted octanol–water partition coefficient (Wildman–Crippen LogP) is 4.35. The first-order chi connectivity index (χ1) is 14.6. The number of amides is 2. The average molecular weight is 427 g/mol. The van der Waals surface area contributed by atoms with E-state index in [0.717, 1.165) is 5.56 Å². The smallest absolute Gasteiger partial charge is 0.410 e. The topological polar surface area (TPSA) is 107 Å². The van der Waals surface area contributed by atoms with Gasteiger partial charge in [-0.3, -0.25) is 4.79 Å². The highest BCUT2D eigenvalue weighted by Crippen LogP contribution is 2.26. The maximum Gasteiger partial charge on any atom is 0.410 e. The van der Waals surface area contributed by atoms with Crippen LogP contribution in [0.5, 0.6) is 11.5 Å². The minimum atomic E-state index is -0.533. The highest BCUT2D eigenvalue weighted by Gasteiger charge is 2.30. The molecule has 1 aromatic heterocycles. The molecule has 2 aromatic rings. The van der Waals surface area contributed by atoms with E-state index in [9.17, 15) is 9.59 Å². The molecule has 31 heavy (non-hydrogen) atoms. The highest BCUT2D eigenvalue weighted by molar-refractivity contribution is 5.92. The summed E-state index contributed by atoms with van der Waals surface area (Å²) in [5.74, 6) is 1.34. The van der Waals surface area contributed by atoms with Gasteiger partial charge in [0.15, 0.2) is 0 Å². The summed E-state index contributed by atoms with van der Waals surface area (Å²) in [5, 5.41) is 2.86. The lowest BCUT2D eigenvalue weighted by Crippen LogP contribution is -2.43. The molecule has 3 rings (SSSR count). The number of hydrogen-bond acceptors (Lipinski definition) is 6. The van der Waals surface area contributed by atoms with Crippen LogP contribution in [0.2, 0.25) is 0 Å². The molecule has 0 bridgehead atoms. The molecule has 3 N–H and O–H groups in total. The Morgan fingerprint density at radius 2 is 1.81 bits per heavy atom. The molecule has 1 fully saturated rings. The quantitative estimate of drug-likeness (QED) is 0.704. The average Bonchev–Trinajstić information content (AvgIpc) is 2.70. The van der Waals surface area contributed by atoms with Crippen LogP contribution in [0.3, 0.4) is 0 Å². The first-order valence-corrected chi connectivity index (χ1v) is 10.4. The van der Waals surface area contributed by atoms with Gasteiger partial charge >= 0.3 is 6.09 Å². The fourth-order valence-electron chi connectivity index (χ4n) is 3.27. The second kappa shape index (κ2) is 9.24. The molecule has 2 heterocycles. The lowest BCUT2D eigenvalue weighted by Gasteiger charge is -2.32. The number of nitrogens with zero attached hydrogens (tertiary/aromatic N) is 2. The van der Waals surface area contributed by atoms with Gasteiger partial charge in [-0.1, -0.05) is 0 Å². The molecule has 0 unspecified atom stereocenters. The zero-order chi connectivity index (χ0) is 22.6. The van der Waals surface area contributed by atoms with Crippen molar-refractivity contribution in [2.75, 3.05) is 24.1 Å². The van der Waals surface area contributed by atoms with Crippen LogP contribution in [0.1, 0.15) is 39.2 Å².